The number of halogens is 2. The van der Waals surface area contributed by atoms with Crippen molar-refractivity contribution >= 4 is 29.1 Å². The number of hydrogen-bond acceptors (Lipinski definition) is 2. The van der Waals surface area contributed by atoms with Crippen molar-refractivity contribution in [3.05, 3.63) is 28.2 Å². The maximum absolute atomic E-state index is 12.2. The first-order valence-electron chi connectivity index (χ1n) is 6.81. The lowest BCUT2D eigenvalue weighted by Crippen LogP contribution is -2.44. The topological polar surface area (TPSA) is 29.5 Å². The quantitative estimate of drug-likeness (QED) is 0.847. The van der Waals surface area contributed by atoms with E-state index in [1.54, 1.807) is 18.2 Å². The smallest absolute Gasteiger partial charge is 0.260 e. The Labute approximate surface area is 129 Å². The van der Waals surface area contributed by atoms with Crippen molar-refractivity contribution in [1.29, 1.82) is 0 Å². The Bertz CT molecular complexity index is 483. The van der Waals surface area contributed by atoms with Crippen molar-refractivity contribution in [2.24, 2.45) is 11.8 Å². The molecule has 1 fully saturated rings. The molecule has 3 nitrogen and oxygen atoms in total. The normalized spacial score (nSPS) is 22.7. The molecule has 1 saturated heterocycles. The predicted molar refractivity (Wildman–Crippen MR) is 81.5 cm³/mol. The van der Waals surface area contributed by atoms with Crippen LogP contribution in [0.3, 0.4) is 0 Å². The standard InChI is InChI=1S/C15H19Cl2NO2/c1-10-5-11(2)8-18(7-10)15(19)9-20-14-4-3-12(16)6-13(14)17/h3-4,6,10-11H,5,7-9H2,1-2H3/t10-,11-/m0/s1. The van der Waals surface area contributed by atoms with Gasteiger partial charge in [-0.25, -0.2) is 0 Å². The number of piperidine rings is 1. The summed E-state index contributed by atoms with van der Waals surface area (Å²) in [5.41, 5.74) is 0. The summed E-state index contributed by atoms with van der Waals surface area (Å²) in [6.07, 6.45) is 1.17. The Morgan fingerprint density at radius 1 is 1.30 bits per heavy atom. The van der Waals surface area contributed by atoms with Crippen LogP contribution in [0.4, 0.5) is 0 Å². The van der Waals surface area contributed by atoms with Crippen LogP contribution in [0.25, 0.3) is 0 Å². The molecule has 2 rings (SSSR count). The first-order chi connectivity index (χ1) is 9.45. The molecular weight excluding hydrogens is 297 g/mol. The summed E-state index contributed by atoms with van der Waals surface area (Å²) in [6.45, 7) is 5.97. The fourth-order valence-corrected chi connectivity index (χ4v) is 3.15. The predicted octanol–water partition coefficient (Wildman–Crippen LogP) is 3.88. The van der Waals surface area contributed by atoms with Crippen LogP contribution in [0, 0.1) is 11.8 Å². The number of carbonyl (C=O) groups excluding carboxylic acids is 1. The van der Waals surface area contributed by atoms with Gasteiger partial charge in [-0.3, -0.25) is 4.79 Å². The third-order valence-electron chi connectivity index (χ3n) is 3.47. The van der Waals surface area contributed by atoms with Gasteiger partial charge in [-0.15, -0.1) is 0 Å². The van der Waals surface area contributed by atoms with Gasteiger partial charge in [0.25, 0.3) is 5.91 Å². The van der Waals surface area contributed by atoms with E-state index >= 15 is 0 Å². The van der Waals surface area contributed by atoms with Crippen LogP contribution in [-0.2, 0) is 4.79 Å². The Balaban J connectivity index is 1.91. The molecule has 20 heavy (non-hydrogen) atoms. The number of likely N-dealkylation sites (tertiary alicyclic amines) is 1. The molecular formula is C15H19Cl2NO2. The summed E-state index contributed by atoms with van der Waals surface area (Å²) in [7, 11) is 0. The number of ether oxygens (including phenoxy) is 1. The molecule has 0 N–H and O–H groups in total. The van der Waals surface area contributed by atoms with Crippen molar-refractivity contribution in [1.82, 2.24) is 4.90 Å². The zero-order valence-electron chi connectivity index (χ0n) is 11.7. The zero-order chi connectivity index (χ0) is 14.7. The van der Waals surface area contributed by atoms with Crippen LogP contribution in [0.15, 0.2) is 18.2 Å². The lowest BCUT2D eigenvalue weighted by molar-refractivity contribution is -0.136. The number of hydrogen-bond donors (Lipinski definition) is 0. The highest BCUT2D eigenvalue weighted by molar-refractivity contribution is 6.35. The van der Waals surface area contributed by atoms with E-state index in [4.69, 9.17) is 27.9 Å². The molecule has 0 bridgehead atoms. The molecule has 1 heterocycles. The second-order valence-corrected chi connectivity index (χ2v) is 6.45. The van der Waals surface area contributed by atoms with Crippen molar-refractivity contribution in [3.8, 4) is 5.75 Å². The van der Waals surface area contributed by atoms with Gasteiger partial charge in [-0.1, -0.05) is 37.0 Å². The van der Waals surface area contributed by atoms with Gasteiger partial charge in [0, 0.05) is 18.1 Å². The summed E-state index contributed by atoms with van der Waals surface area (Å²) in [5, 5.41) is 0.970. The van der Waals surface area contributed by atoms with E-state index in [9.17, 15) is 4.79 Å². The zero-order valence-corrected chi connectivity index (χ0v) is 13.2. The van der Waals surface area contributed by atoms with Crippen LogP contribution in [0.1, 0.15) is 20.3 Å². The number of benzene rings is 1. The Hall–Kier alpha value is -0.930. The number of amides is 1. The van der Waals surface area contributed by atoms with Gasteiger partial charge in [0.2, 0.25) is 0 Å². The molecule has 0 radical (unpaired) electrons. The average Bonchev–Trinajstić information content (AvgIpc) is 2.36. The minimum absolute atomic E-state index is 0.00872. The molecule has 0 unspecified atom stereocenters. The van der Waals surface area contributed by atoms with Crippen molar-refractivity contribution in [2.75, 3.05) is 19.7 Å². The molecule has 1 amide bonds. The highest BCUT2D eigenvalue weighted by Crippen LogP contribution is 2.27. The lowest BCUT2D eigenvalue weighted by Gasteiger charge is -2.34. The molecule has 1 aromatic carbocycles. The van der Waals surface area contributed by atoms with Crippen molar-refractivity contribution < 1.29 is 9.53 Å². The van der Waals surface area contributed by atoms with Crippen molar-refractivity contribution in [3.63, 3.8) is 0 Å². The molecule has 5 heteroatoms. The molecule has 1 aromatic rings. The lowest BCUT2D eigenvalue weighted by atomic mass is 9.92. The Morgan fingerprint density at radius 2 is 1.95 bits per heavy atom. The van der Waals surface area contributed by atoms with Gasteiger partial charge < -0.3 is 9.64 Å². The van der Waals surface area contributed by atoms with Crippen LogP contribution < -0.4 is 4.74 Å². The summed E-state index contributed by atoms with van der Waals surface area (Å²) >= 11 is 11.8. The van der Waals surface area contributed by atoms with Crippen LogP contribution in [0.2, 0.25) is 10.0 Å². The Kier molecular flexibility index (Phi) is 5.17. The van der Waals surface area contributed by atoms with Crippen LogP contribution >= 0.6 is 23.2 Å². The van der Waals surface area contributed by atoms with E-state index in [0.717, 1.165) is 13.1 Å². The van der Waals surface area contributed by atoms with E-state index < -0.39 is 0 Å². The molecule has 2 atom stereocenters. The van der Waals surface area contributed by atoms with Gasteiger partial charge in [0.1, 0.15) is 5.75 Å². The minimum atomic E-state index is 0.00872. The Morgan fingerprint density at radius 3 is 2.55 bits per heavy atom. The minimum Gasteiger partial charge on any atom is -0.482 e. The van der Waals surface area contributed by atoms with Crippen LogP contribution in [0.5, 0.6) is 5.75 Å². The number of nitrogens with zero attached hydrogens (tertiary/aromatic N) is 1. The van der Waals surface area contributed by atoms with E-state index in [2.05, 4.69) is 13.8 Å². The fraction of sp³-hybridized carbons (Fsp3) is 0.533. The van der Waals surface area contributed by atoms with E-state index in [-0.39, 0.29) is 12.5 Å². The maximum Gasteiger partial charge on any atom is 0.260 e. The van der Waals surface area contributed by atoms with Crippen LogP contribution in [-0.4, -0.2) is 30.5 Å². The maximum atomic E-state index is 12.2. The third-order valence-corrected chi connectivity index (χ3v) is 4.00. The molecule has 0 spiro atoms. The second kappa shape index (κ2) is 6.68. The third kappa shape index (κ3) is 4.03. The van der Waals surface area contributed by atoms with Gasteiger partial charge in [0.15, 0.2) is 6.61 Å². The SMILES string of the molecule is C[C@H]1C[C@H](C)CN(C(=O)COc2ccc(Cl)cc2Cl)C1. The van der Waals surface area contributed by atoms with E-state index in [1.807, 2.05) is 4.90 Å². The summed E-state index contributed by atoms with van der Waals surface area (Å²) in [5.74, 6) is 1.58. The second-order valence-electron chi connectivity index (χ2n) is 5.61. The average molecular weight is 316 g/mol. The molecule has 0 saturated carbocycles. The number of carbonyl (C=O) groups is 1. The molecule has 1 aliphatic rings. The largest absolute Gasteiger partial charge is 0.482 e. The van der Waals surface area contributed by atoms with Gasteiger partial charge in [0.05, 0.1) is 5.02 Å². The summed E-state index contributed by atoms with van der Waals surface area (Å²) < 4.78 is 5.50. The van der Waals surface area contributed by atoms with Gasteiger partial charge >= 0.3 is 0 Å². The molecule has 110 valence electrons. The monoisotopic (exact) mass is 315 g/mol. The summed E-state index contributed by atoms with van der Waals surface area (Å²) in [6, 6.07) is 4.98. The molecule has 0 aliphatic carbocycles. The van der Waals surface area contributed by atoms with E-state index in [1.165, 1.54) is 6.42 Å². The van der Waals surface area contributed by atoms with Gasteiger partial charge in [-0.05, 0) is 36.5 Å². The number of rotatable bonds is 3. The highest BCUT2D eigenvalue weighted by Gasteiger charge is 2.25. The molecule has 0 aromatic heterocycles. The van der Waals surface area contributed by atoms with E-state index in [0.29, 0.717) is 27.6 Å². The molecule has 1 aliphatic heterocycles. The summed E-state index contributed by atoms with van der Waals surface area (Å²) in [4.78, 5) is 14.1. The highest BCUT2D eigenvalue weighted by atomic mass is 35.5. The first-order valence-corrected chi connectivity index (χ1v) is 7.57. The van der Waals surface area contributed by atoms with Crippen molar-refractivity contribution in [2.45, 2.75) is 20.3 Å². The first kappa shape index (κ1) is 15.5. The fourth-order valence-electron chi connectivity index (χ4n) is 2.69. The van der Waals surface area contributed by atoms with Gasteiger partial charge in [-0.2, -0.15) is 0 Å².